The maximum Gasteiger partial charge on any atom is 0.248 e. The summed E-state index contributed by atoms with van der Waals surface area (Å²) in [6, 6.07) is -0.967. The number of β-amino-alcohol motifs (C(OH)–C–C–N with tert-alkyl or cyclic N) is 1. The van der Waals surface area contributed by atoms with Crippen LogP contribution in [0.4, 0.5) is 0 Å². The van der Waals surface area contributed by atoms with Crippen LogP contribution in [-0.4, -0.2) is 61.5 Å². The maximum absolute atomic E-state index is 13.5. The second kappa shape index (κ2) is 6.58. The molecule has 2 aliphatic carbocycles. The van der Waals surface area contributed by atoms with Gasteiger partial charge in [0.1, 0.15) is 12.1 Å². The first-order chi connectivity index (χ1) is 12.7. The van der Waals surface area contributed by atoms with E-state index in [1.54, 1.807) is 4.68 Å². The highest BCUT2D eigenvalue weighted by atomic mass is 16.3. The fraction of sp³-hybridized carbons (Fsp3) is 0.789. The summed E-state index contributed by atoms with van der Waals surface area (Å²) in [6.45, 7) is 6.14. The van der Waals surface area contributed by atoms with E-state index in [9.17, 15) is 14.7 Å². The van der Waals surface area contributed by atoms with Crippen LogP contribution in [0.1, 0.15) is 70.5 Å². The number of amides is 2. The van der Waals surface area contributed by atoms with Crippen LogP contribution in [0, 0.1) is 5.41 Å². The van der Waals surface area contributed by atoms with Crippen LogP contribution >= 0.6 is 0 Å². The standard InChI is InChI=1S/C19H29N5O3/c1-19(2,3)16(24-10-14(21-22-24)11-4-5-11)18(27)23-9-13(25)8-15(23)17(26)20-12-6-7-12/h10-13,15-16,25H,4-9H2,1-3H3,(H,20,26)/t13-,15+,16?/m1/s1. The number of carbonyl (C=O) groups is 2. The van der Waals surface area contributed by atoms with Crippen LogP contribution in [0.15, 0.2) is 6.20 Å². The van der Waals surface area contributed by atoms with Crippen molar-refractivity contribution in [2.45, 2.75) is 83.0 Å². The number of aliphatic hydroxyl groups is 1. The SMILES string of the molecule is CC(C)(C)C(C(=O)N1C[C@H](O)C[C@H]1C(=O)NC1CC1)n1cc(C2CC2)nn1. The van der Waals surface area contributed by atoms with Crippen molar-refractivity contribution in [1.82, 2.24) is 25.2 Å². The van der Waals surface area contributed by atoms with E-state index in [2.05, 4.69) is 15.6 Å². The van der Waals surface area contributed by atoms with Crippen LogP contribution in [0.5, 0.6) is 0 Å². The van der Waals surface area contributed by atoms with Crippen LogP contribution in [0.3, 0.4) is 0 Å². The van der Waals surface area contributed by atoms with E-state index < -0.39 is 23.6 Å². The average Bonchev–Trinajstić information content (AvgIpc) is 3.50. The molecule has 1 aromatic heterocycles. The second-order valence-corrected chi connectivity index (χ2v) is 9.35. The van der Waals surface area contributed by atoms with E-state index in [0.29, 0.717) is 5.92 Å². The Balaban J connectivity index is 1.58. The molecule has 1 saturated heterocycles. The molecule has 0 spiro atoms. The fourth-order valence-electron chi connectivity index (χ4n) is 3.85. The second-order valence-electron chi connectivity index (χ2n) is 9.35. The molecule has 8 heteroatoms. The zero-order valence-electron chi connectivity index (χ0n) is 16.3. The van der Waals surface area contributed by atoms with Gasteiger partial charge in [0.2, 0.25) is 11.8 Å². The van der Waals surface area contributed by atoms with Gasteiger partial charge in [-0.15, -0.1) is 5.10 Å². The normalized spacial score (nSPS) is 26.9. The summed E-state index contributed by atoms with van der Waals surface area (Å²) < 4.78 is 1.65. The molecule has 4 rings (SSSR count). The molecule has 1 aromatic rings. The van der Waals surface area contributed by atoms with Gasteiger partial charge in [-0.3, -0.25) is 9.59 Å². The van der Waals surface area contributed by atoms with Crippen molar-refractivity contribution in [1.29, 1.82) is 0 Å². The monoisotopic (exact) mass is 375 g/mol. The number of carbonyl (C=O) groups excluding carboxylic acids is 2. The third-order valence-corrected chi connectivity index (χ3v) is 5.63. The van der Waals surface area contributed by atoms with Crippen molar-refractivity contribution < 1.29 is 14.7 Å². The first kappa shape index (κ1) is 18.4. The molecule has 27 heavy (non-hydrogen) atoms. The molecule has 1 unspecified atom stereocenters. The molecule has 3 atom stereocenters. The van der Waals surface area contributed by atoms with E-state index in [-0.39, 0.29) is 30.8 Å². The lowest BCUT2D eigenvalue weighted by Gasteiger charge is -2.34. The number of rotatable bonds is 5. The molecule has 0 radical (unpaired) electrons. The minimum absolute atomic E-state index is 0.160. The minimum Gasteiger partial charge on any atom is -0.391 e. The summed E-state index contributed by atoms with van der Waals surface area (Å²) in [4.78, 5) is 27.6. The third-order valence-electron chi connectivity index (χ3n) is 5.63. The lowest BCUT2D eigenvalue weighted by atomic mass is 9.85. The van der Waals surface area contributed by atoms with Crippen LogP contribution in [0.2, 0.25) is 0 Å². The van der Waals surface area contributed by atoms with Gasteiger partial charge in [-0.2, -0.15) is 0 Å². The van der Waals surface area contributed by atoms with E-state index in [4.69, 9.17) is 0 Å². The van der Waals surface area contributed by atoms with Crippen molar-refractivity contribution in [3.63, 3.8) is 0 Å². The predicted molar refractivity (Wildman–Crippen MR) is 97.8 cm³/mol. The number of nitrogens with zero attached hydrogens (tertiary/aromatic N) is 4. The van der Waals surface area contributed by atoms with Gasteiger partial charge in [0.05, 0.1) is 11.8 Å². The number of hydrogen-bond donors (Lipinski definition) is 2. The van der Waals surface area contributed by atoms with E-state index in [1.165, 1.54) is 4.90 Å². The van der Waals surface area contributed by atoms with E-state index in [1.807, 2.05) is 27.0 Å². The Morgan fingerprint density at radius 1 is 1.26 bits per heavy atom. The van der Waals surface area contributed by atoms with Crippen molar-refractivity contribution in [2.75, 3.05) is 6.54 Å². The Morgan fingerprint density at radius 2 is 1.96 bits per heavy atom. The predicted octanol–water partition coefficient (Wildman–Crippen LogP) is 0.983. The topological polar surface area (TPSA) is 100 Å². The Morgan fingerprint density at radius 3 is 2.56 bits per heavy atom. The summed E-state index contributed by atoms with van der Waals surface area (Å²) in [5.74, 6) is 0.120. The molecular formula is C19H29N5O3. The molecule has 0 bridgehead atoms. The van der Waals surface area contributed by atoms with Gasteiger partial charge in [-0.1, -0.05) is 26.0 Å². The Hall–Kier alpha value is -1.96. The number of likely N-dealkylation sites (tertiary alicyclic amines) is 1. The molecule has 148 valence electrons. The Bertz CT molecular complexity index is 732. The summed E-state index contributed by atoms with van der Waals surface area (Å²) in [6.07, 6.45) is 5.69. The quantitative estimate of drug-likeness (QED) is 0.799. The molecule has 2 saturated carbocycles. The van der Waals surface area contributed by atoms with Gasteiger partial charge in [0, 0.05) is 31.1 Å². The van der Waals surface area contributed by atoms with E-state index >= 15 is 0 Å². The maximum atomic E-state index is 13.5. The van der Waals surface area contributed by atoms with E-state index in [0.717, 1.165) is 31.4 Å². The highest BCUT2D eigenvalue weighted by Gasteiger charge is 2.46. The molecule has 2 N–H and O–H groups in total. The zero-order valence-corrected chi connectivity index (χ0v) is 16.3. The summed E-state index contributed by atoms with van der Waals surface area (Å²) in [5, 5.41) is 21.6. The molecule has 8 nitrogen and oxygen atoms in total. The average molecular weight is 375 g/mol. The highest BCUT2D eigenvalue weighted by Crippen LogP contribution is 2.40. The summed E-state index contributed by atoms with van der Waals surface area (Å²) >= 11 is 0. The van der Waals surface area contributed by atoms with Gasteiger partial charge in [-0.05, 0) is 31.1 Å². The number of aliphatic hydroxyl groups excluding tert-OH is 1. The summed E-state index contributed by atoms with van der Waals surface area (Å²) in [7, 11) is 0. The van der Waals surface area contributed by atoms with Crippen molar-refractivity contribution in [2.24, 2.45) is 5.41 Å². The fourth-order valence-corrected chi connectivity index (χ4v) is 3.85. The molecule has 2 heterocycles. The number of aromatic nitrogens is 3. The first-order valence-corrected chi connectivity index (χ1v) is 9.94. The van der Waals surface area contributed by atoms with Crippen LogP contribution < -0.4 is 5.32 Å². The highest BCUT2D eigenvalue weighted by molar-refractivity contribution is 5.90. The molecule has 2 amide bonds. The number of nitrogens with one attached hydrogen (secondary N) is 1. The first-order valence-electron chi connectivity index (χ1n) is 9.94. The number of hydrogen-bond acceptors (Lipinski definition) is 5. The summed E-state index contributed by atoms with van der Waals surface area (Å²) in [5.41, 5.74) is 0.526. The van der Waals surface area contributed by atoms with Crippen molar-refractivity contribution >= 4 is 11.8 Å². The smallest absolute Gasteiger partial charge is 0.248 e. The molecule has 3 aliphatic rings. The van der Waals surface area contributed by atoms with Gasteiger partial charge in [0.15, 0.2) is 0 Å². The van der Waals surface area contributed by atoms with Gasteiger partial charge in [0.25, 0.3) is 0 Å². The molecule has 1 aliphatic heterocycles. The largest absolute Gasteiger partial charge is 0.391 e. The Labute approximate surface area is 159 Å². The van der Waals surface area contributed by atoms with Crippen LogP contribution in [-0.2, 0) is 9.59 Å². The Kier molecular flexibility index (Phi) is 4.49. The van der Waals surface area contributed by atoms with Gasteiger partial charge < -0.3 is 15.3 Å². The van der Waals surface area contributed by atoms with Crippen molar-refractivity contribution in [3.8, 4) is 0 Å². The third kappa shape index (κ3) is 3.85. The molecule has 0 aromatic carbocycles. The zero-order chi connectivity index (χ0) is 19.3. The lowest BCUT2D eigenvalue weighted by molar-refractivity contribution is -0.144. The molecular weight excluding hydrogens is 346 g/mol. The van der Waals surface area contributed by atoms with Gasteiger partial charge in [-0.25, -0.2) is 4.68 Å². The van der Waals surface area contributed by atoms with Gasteiger partial charge >= 0.3 is 0 Å². The lowest BCUT2D eigenvalue weighted by Crippen LogP contribution is -2.50. The van der Waals surface area contributed by atoms with Crippen LogP contribution in [0.25, 0.3) is 0 Å². The minimum atomic E-state index is -0.678. The van der Waals surface area contributed by atoms with Crippen molar-refractivity contribution in [3.05, 3.63) is 11.9 Å². The molecule has 3 fully saturated rings.